The molecule has 9 heteroatoms. The Morgan fingerprint density at radius 3 is 2.37 bits per heavy atom. The van der Waals surface area contributed by atoms with Gasteiger partial charge in [-0.1, -0.05) is 72.3 Å². The molecule has 0 unspecified atom stereocenters. The van der Waals surface area contributed by atoms with Crippen LogP contribution < -0.4 is 5.43 Å². The van der Waals surface area contributed by atoms with E-state index < -0.39 is 22.5 Å². The van der Waals surface area contributed by atoms with Gasteiger partial charge in [-0.25, -0.2) is 13.8 Å². The first kappa shape index (κ1) is 24.4. The van der Waals surface area contributed by atoms with Gasteiger partial charge in [-0.05, 0) is 46.7 Å². The van der Waals surface area contributed by atoms with Gasteiger partial charge in [0.15, 0.2) is 0 Å². The molecule has 4 aromatic carbocycles. The number of nitrogens with one attached hydrogen (secondary N) is 1. The molecule has 0 fully saturated rings. The van der Waals surface area contributed by atoms with Crippen molar-refractivity contribution in [1.82, 2.24) is 9.73 Å². The quantitative estimate of drug-likeness (QED) is 0.270. The highest BCUT2D eigenvalue weighted by Crippen LogP contribution is 2.25. The highest BCUT2D eigenvalue weighted by Gasteiger charge is 2.27. The average Bonchev–Trinajstić information content (AvgIpc) is 2.86. The summed E-state index contributed by atoms with van der Waals surface area (Å²) in [5, 5.41) is 16.3. The fourth-order valence-electron chi connectivity index (χ4n) is 3.55. The van der Waals surface area contributed by atoms with Crippen molar-refractivity contribution >= 4 is 44.5 Å². The van der Waals surface area contributed by atoms with Crippen molar-refractivity contribution < 1.29 is 18.3 Å². The summed E-state index contributed by atoms with van der Waals surface area (Å²) in [5.41, 5.74) is 3.53. The summed E-state index contributed by atoms with van der Waals surface area (Å²) in [4.78, 5) is 12.7. The standard InChI is InChI=1S/C26H22ClN3O4S/c27-21-11-13-22(14-12-21)35(33,34)30(17-19-6-2-1-3-7-19)18-26(32)29-28-16-24-23-9-5-4-8-20(23)10-15-25(24)31/h1-16,31H,17-18H2,(H,29,32). The number of sulfonamides is 1. The van der Waals surface area contributed by atoms with E-state index in [2.05, 4.69) is 10.5 Å². The number of halogens is 1. The van der Waals surface area contributed by atoms with Gasteiger partial charge in [-0.3, -0.25) is 4.79 Å². The summed E-state index contributed by atoms with van der Waals surface area (Å²) in [6.07, 6.45) is 1.34. The summed E-state index contributed by atoms with van der Waals surface area (Å²) in [5.74, 6) is -0.618. The Labute approximate surface area is 208 Å². The van der Waals surface area contributed by atoms with Crippen LogP contribution in [0.25, 0.3) is 10.8 Å². The second-order valence-corrected chi connectivity index (χ2v) is 10.1. The number of rotatable bonds is 8. The Hall–Kier alpha value is -3.72. The third-order valence-electron chi connectivity index (χ3n) is 5.30. The first-order valence-electron chi connectivity index (χ1n) is 10.7. The van der Waals surface area contributed by atoms with Crippen molar-refractivity contribution in [3.8, 4) is 5.75 Å². The fourth-order valence-corrected chi connectivity index (χ4v) is 5.06. The molecule has 0 bridgehead atoms. The van der Waals surface area contributed by atoms with Crippen LogP contribution >= 0.6 is 11.6 Å². The Morgan fingerprint density at radius 1 is 0.943 bits per heavy atom. The van der Waals surface area contributed by atoms with Crippen molar-refractivity contribution in [3.63, 3.8) is 0 Å². The Bertz CT molecular complexity index is 1470. The van der Waals surface area contributed by atoms with E-state index in [1.165, 1.54) is 30.5 Å². The van der Waals surface area contributed by atoms with Crippen molar-refractivity contribution in [2.24, 2.45) is 5.10 Å². The first-order valence-corrected chi connectivity index (χ1v) is 12.5. The van der Waals surface area contributed by atoms with E-state index in [9.17, 15) is 18.3 Å². The van der Waals surface area contributed by atoms with Crippen LogP contribution in [0.5, 0.6) is 5.75 Å². The predicted molar refractivity (Wildman–Crippen MR) is 137 cm³/mol. The van der Waals surface area contributed by atoms with Crippen molar-refractivity contribution in [1.29, 1.82) is 0 Å². The van der Waals surface area contributed by atoms with Crippen LogP contribution in [0.4, 0.5) is 0 Å². The highest BCUT2D eigenvalue weighted by molar-refractivity contribution is 7.89. The molecule has 0 aliphatic rings. The number of carbonyl (C=O) groups excluding carboxylic acids is 1. The lowest BCUT2D eigenvalue weighted by Crippen LogP contribution is -2.39. The molecule has 178 valence electrons. The number of benzene rings is 4. The smallest absolute Gasteiger partial charge is 0.255 e. The predicted octanol–water partition coefficient (Wildman–Crippen LogP) is 4.54. The van der Waals surface area contributed by atoms with Crippen LogP contribution in [-0.2, 0) is 21.4 Å². The average molecular weight is 508 g/mol. The number of hydrazone groups is 1. The fraction of sp³-hybridized carbons (Fsp3) is 0.0769. The lowest BCUT2D eigenvalue weighted by molar-refractivity contribution is -0.121. The monoisotopic (exact) mass is 507 g/mol. The van der Waals surface area contributed by atoms with Gasteiger partial charge in [0.05, 0.1) is 17.7 Å². The summed E-state index contributed by atoms with van der Waals surface area (Å²) in [6.45, 7) is -0.467. The zero-order valence-corrected chi connectivity index (χ0v) is 20.1. The number of hydrogen-bond acceptors (Lipinski definition) is 5. The van der Waals surface area contributed by atoms with Gasteiger partial charge >= 0.3 is 0 Å². The van der Waals surface area contributed by atoms with Crippen LogP contribution in [0.2, 0.25) is 5.02 Å². The SMILES string of the molecule is O=C(CN(Cc1ccccc1)S(=O)(=O)c1ccc(Cl)cc1)NN=Cc1c(O)ccc2ccccc12. The van der Waals surface area contributed by atoms with E-state index in [-0.39, 0.29) is 17.2 Å². The Kier molecular flexibility index (Phi) is 7.45. The molecule has 0 saturated heterocycles. The van der Waals surface area contributed by atoms with Gasteiger partial charge < -0.3 is 5.11 Å². The topological polar surface area (TPSA) is 99.1 Å². The maximum atomic E-state index is 13.3. The molecule has 0 spiro atoms. The molecule has 0 aliphatic heterocycles. The van der Waals surface area contributed by atoms with Crippen molar-refractivity contribution in [2.45, 2.75) is 11.4 Å². The van der Waals surface area contributed by atoms with E-state index in [1.807, 2.05) is 30.3 Å². The molecule has 2 N–H and O–H groups in total. The molecule has 0 heterocycles. The lowest BCUT2D eigenvalue weighted by atomic mass is 10.0. The second-order valence-electron chi connectivity index (χ2n) is 7.73. The summed E-state index contributed by atoms with van der Waals surface area (Å²) in [6, 6.07) is 25.5. The number of phenols is 1. The normalized spacial score (nSPS) is 11.8. The number of aromatic hydroxyl groups is 1. The summed E-state index contributed by atoms with van der Waals surface area (Å²) >= 11 is 5.90. The number of phenolic OH excluding ortho intramolecular Hbond substituents is 1. The third kappa shape index (κ3) is 5.86. The third-order valence-corrected chi connectivity index (χ3v) is 7.36. The van der Waals surface area contributed by atoms with Crippen LogP contribution in [0.1, 0.15) is 11.1 Å². The van der Waals surface area contributed by atoms with Gasteiger partial charge in [0.1, 0.15) is 5.75 Å². The van der Waals surface area contributed by atoms with Gasteiger partial charge in [0, 0.05) is 17.1 Å². The maximum absolute atomic E-state index is 13.3. The molecule has 4 aromatic rings. The number of fused-ring (bicyclic) bond motifs is 1. The summed E-state index contributed by atoms with van der Waals surface area (Å²) < 4.78 is 27.7. The molecule has 1 amide bonds. The first-order chi connectivity index (χ1) is 16.8. The van der Waals surface area contributed by atoms with Gasteiger partial charge in [-0.15, -0.1) is 0 Å². The highest BCUT2D eigenvalue weighted by atomic mass is 35.5. The van der Waals surface area contributed by atoms with Gasteiger partial charge in [0.2, 0.25) is 10.0 Å². The zero-order chi connectivity index (χ0) is 24.8. The van der Waals surface area contributed by atoms with E-state index in [0.717, 1.165) is 20.6 Å². The van der Waals surface area contributed by atoms with Crippen molar-refractivity contribution in [3.05, 3.63) is 107 Å². The molecule has 4 rings (SSSR count). The molecule has 0 radical (unpaired) electrons. The van der Waals surface area contributed by atoms with Crippen LogP contribution in [0.3, 0.4) is 0 Å². The second kappa shape index (κ2) is 10.7. The van der Waals surface area contributed by atoms with Gasteiger partial charge in [0.25, 0.3) is 5.91 Å². The summed E-state index contributed by atoms with van der Waals surface area (Å²) in [7, 11) is -4.00. The van der Waals surface area contributed by atoms with Crippen molar-refractivity contribution in [2.75, 3.05) is 6.54 Å². The van der Waals surface area contributed by atoms with Gasteiger partial charge in [-0.2, -0.15) is 9.41 Å². The molecular formula is C26H22ClN3O4S. The molecule has 0 aliphatic carbocycles. The van der Waals surface area contributed by atoms with Crippen LogP contribution in [-0.4, -0.2) is 36.5 Å². The van der Waals surface area contributed by atoms with E-state index in [4.69, 9.17) is 11.6 Å². The molecule has 0 atom stereocenters. The lowest BCUT2D eigenvalue weighted by Gasteiger charge is -2.21. The Balaban J connectivity index is 1.55. The number of amides is 1. The van der Waals surface area contributed by atoms with Crippen LogP contribution in [0.15, 0.2) is 101 Å². The molecule has 7 nitrogen and oxygen atoms in total. The number of nitrogens with zero attached hydrogens (tertiary/aromatic N) is 2. The Morgan fingerprint density at radius 2 is 1.63 bits per heavy atom. The minimum Gasteiger partial charge on any atom is -0.507 e. The van der Waals surface area contributed by atoms with E-state index in [0.29, 0.717) is 10.6 Å². The van der Waals surface area contributed by atoms with E-state index >= 15 is 0 Å². The molecule has 0 saturated carbocycles. The zero-order valence-electron chi connectivity index (χ0n) is 18.5. The number of hydrogen-bond donors (Lipinski definition) is 2. The largest absolute Gasteiger partial charge is 0.507 e. The minimum atomic E-state index is -4.00. The van der Waals surface area contributed by atoms with Crippen LogP contribution in [0, 0.1) is 0 Å². The van der Waals surface area contributed by atoms with E-state index in [1.54, 1.807) is 36.4 Å². The maximum Gasteiger partial charge on any atom is 0.255 e. The molecule has 35 heavy (non-hydrogen) atoms. The molecular weight excluding hydrogens is 486 g/mol. The minimum absolute atomic E-state index is 0.00690. The molecule has 0 aromatic heterocycles. The number of carbonyl (C=O) groups is 1.